The van der Waals surface area contributed by atoms with Crippen LogP contribution in [0.4, 0.5) is 26.1 Å². The van der Waals surface area contributed by atoms with Gasteiger partial charge < -0.3 is 21.5 Å². The van der Waals surface area contributed by atoms with Crippen LogP contribution >= 0.6 is 11.8 Å². The molecule has 23 heavy (non-hydrogen) atoms. The molecule has 0 saturated carbocycles. The third-order valence-electron chi connectivity index (χ3n) is 2.45. The Labute approximate surface area is 134 Å². The predicted octanol–water partition coefficient (Wildman–Crippen LogP) is 1.97. The van der Waals surface area contributed by atoms with Gasteiger partial charge in [0.2, 0.25) is 5.91 Å². The predicted molar refractivity (Wildman–Crippen MR) is 83.3 cm³/mol. The lowest BCUT2D eigenvalue weighted by atomic mass is 10.3. The van der Waals surface area contributed by atoms with Crippen LogP contribution in [0.5, 0.6) is 5.75 Å². The van der Waals surface area contributed by atoms with Crippen molar-refractivity contribution in [3.63, 3.8) is 0 Å². The molecule has 0 radical (unpaired) electrons. The Hall–Kier alpha value is -2.62. The third-order valence-corrected chi connectivity index (χ3v) is 3.30. The van der Waals surface area contributed by atoms with Gasteiger partial charge in [-0.25, -0.2) is 9.97 Å². The molecule has 7 nitrogen and oxygen atoms in total. The fourth-order valence-electron chi connectivity index (χ4n) is 1.61. The van der Waals surface area contributed by atoms with Crippen LogP contribution in [0.3, 0.4) is 0 Å². The molecule has 2 aromatic rings. The van der Waals surface area contributed by atoms with Gasteiger partial charge in [0.25, 0.3) is 0 Å². The lowest BCUT2D eigenvalue weighted by molar-refractivity contribution is -0.113. The average molecular weight is 341 g/mol. The van der Waals surface area contributed by atoms with Gasteiger partial charge in [0.15, 0.2) is 5.16 Å². The van der Waals surface area contributed by atoms with E-state index in [1.54, 1.807) is 6.07 Å². The Morgan fingerprint density at radius 1 is 1.26 bits per heavy atom. The van der Waals surface area contributed by atoms with Crippen molar-refractivity contribution in [2.75, 3.05) is 22.5 Å². The molecular weight excluding hydrogens is 328 g/mol. The summed E-state index contributed by atoms with van der Waals surface area (Å²) >= 11 is 1.01. The molecule has 0 aliphatic rings. The summed E-state index contributed by atoms with van der Waals surface area (Å²) in [4.78, 5) is 19.7. The molecule has 2 rings (SSSR count). The summed E-state index contributed by atoms with van der Waals surface area (Å²) in [5, 5.41) is 2.72. The van der Waals surface area contributed by atoms with Gasteiger partial charge in [-0.1, -0.05) is 23.9 Å². The number of carbonyl (C=O) groups is 1. The number of rotatable bonds is 6. The molecule has 1 heterocycles. The van der Waals surface area contributed by atoms with E-state index in [4.69, 9.17) is 11.5 Å². The quantitative estimate of drug-likeness (QED) is 0.543. The van der Waals surface area contributed by atoms with E-state index < -0.39 is 12.5 Å². The van der Waals surface area contributed by atoms with Gasteiger partial charge in [-0.15, -0.1) is 0 Å². The molecule has 0 saturated heterocycles. The van der Waals surface area contributed by atoms with Crippen LogP contribution in [-0.4, -0.2) is 28.2 Å². The maximum atomic E-state index is 12.3. The Morgan fingerprint density at radius 3 is 2.57 bits per heavy atom. The minimum atomic E-state index is -2.98. The number of carbonyl (C=O) groups excluding carboxylic acids is 1. The van der Waals surface area contributed by atoms with Gasteiger partial charge in [-0.05, 0) is 12.1 Å². The first-order valence-corrected chi connectivity index (χ1v) is 7.29. The lowest BCUT2D eigenvalue weighted by Gasteiger charge is -2.11. The number of amides is 1. The number of nitrogens with one attached hydrogen (secondary N) is 1. The molecular formula is C13H13F2N5O2S. The van der Waals surface area contributed by atoms with Gasteiger partial charge in [-0.3, -0.25) is 4.79 Å². The molecule has 1 aromatic carbocycles. The van der Waals surface area contributed by atoms with E-state index >= 15 is 0 Å². The normalized spacial score (nSPS) is 10.6. The van der Waals surface area contributed by atoms with E-state index in [0.717, 1.165) is 11.8 Å². The highest BCUT2D eigenvalue weighted by Gasteiger charge is 2.12. The second-order valence-electron chi connectivity index (χ2n) is 4.21. The Morgan fingerprint density at radius 2 is 1.91 bits per heavy atom. The van der Waals surface area contributed by atoms with Gasteiger partial charge in [0.05, 0.1) is 11.4 Å². The number of nitrogen functional groups attached to an aromatic ring is 2. The molecule has 1 aromatic heterocycles. The maximum absolute atomic E-state index is 12.3. The number of hydrogen-bond acceptors (Lipinski definition) is 7. The van der Waals surface area contributed by atoms with Crippen molar-refractivity contribution in [2.45, 2.75) is 11.8 Å². The maximum Gasteiger partial charge on any atom is 0.387 e. The number of aromatic nitrogens is 2. The first-order chi connectivity index (χ1) is 10.9. The molecule has 5 N–H and O–H groups in total. The van der Waals surface area contributed by atoms with Crippen LogP contribution in [0, 0.1) is 0 Å². The number of alkyl halides is 2. The van der Waals surface area contributed by atoms with Crippen LogP contribution in [-0.2, 0) is 4.79 Å². The minimum absolute atomic E-state index is 0.0497. The Bertz CT molecular complexity index is 682. The van der Waals surface area contributed by atoms with E-state index in [2.05, 4.69) is 20.0 Å². The summed E-state index contributed by atoms with van der Waals surface area (Å²) in [5.74, 6) is -0.228. The Kier molecular flexibility index (Phi) is 5.52. The molecule has 0 aliphatic carbocycles. The summed E-state index contributed by atoms with van der Waals surface area (Å²) in [6.07, 6.45) is 0. The van der Waals surface area contributed by atoms with E-state index in [0.29, 0.717) is 0 Å². The number of thioether (sulfide) groups is 1. The second-order valence-corrected chi connectivity index (χ2v) is 5.15. The van der Waals surface area contributed by atoms with Crippen molar-refractivity contribution in [1.82, 2.24) is 9.97 Å². The highest BCUT2D eigenvalue weighted by Crippen LogP contribution is 2.26. The average Bonchev–Trinajstić information content (AvgIpc) is 2.46. The standard InChI is InChI=1S/C13H13F2N5O2S/c14-12(15)22-8-4-2-1-3-7(8)18-11(21)6-23-13-19-9(16)5-10(17)20-13/h1-5,12H,6H2,(H,18,21)(H4,16,17,19,20). The van der Waals surface area contributed by atoms with E-state index in [-0.39, 0.29) is 34.0 Å². The summed E-state index contributed by atoms with van der Waals surface area (Å²) in [7, 11) is 0. The highest BCUT2D eigenvalue weighted by molar-refractivity contribution is 7.99. The molecule has 10 heteroatoms. The monoisotopic (exact) mass is 341 g/mol. The second kappa shape index (κ2) is 7.58. The number of nitrogens with two attached hydrogens (primary N) is 2. The number of halogens is 2. The molecule has 1 amide bonds. The zero-order valence-electron chi connectivity index (χ0n) is 11.7. The molecule has 0 aliphatic heterocycles. The zero-order valence-corrected chi connectivity index (χ0v) is 12.5. The van der Waals surface area contributed by atoms with Gasteiger partial charge in [0, 0.05) is 6.07 Å². The number of ether oxygens (including phenoxy) is 1. The molecule has 0 atom stereocenters. The van der Waals surface area contributed by atoms with Crippen LogP contribution in [0.25, 0.3) is 0 Å². The van der Waals surface area contributed by atoms with E-state index in [9.17, 15) is 13.6 Å². The van der Waals surface area contributed by atoms with Crippen molar-refractivity contribution in [1.29, 1.82) is 0 Å². The molecule has 0 unspecified atom stereocenters. The molecule has 122 valence electrons. The largest absolute Gasteiger partial charge is 0.433 e. The van der Waals surface area contributed by atoms with Crippen molar-refractivity contribution >= 4 is 35.0 Å². The van der Waals surface area contributed by atoms with E-state index in [1.807, 2.05) is 0 Å². The van der Waals surface area contributed by atoms with Crippen molar-refractivity contribution in [2.24, 2.45) is 0 Å². The van der Waals surface area contributed by atoms with Crippen molar-refractivity contribution in [3.05, 3.63) is 30.3 Å². The van der Waals surface area contributed by atoms with Crippen LogP contribution < -0.4 is 21.5 Å². The zero-order chi connectivity index (χ0) is 16.8. The van der Waals surface area contributed by atoms with Crippen LogP contribution in [0.2, 0.25) is 0 Å². The first-order valence-electron chi connectivity index (χ1n) is 6.30. The summed E-state index contributed by atoms with van der Waals surface area (Å²) < 4.78 is 28.9. The fraction of sp³-hybridized carbons (Fsp3) is 0.154. The van der Waals surface area contributed by atoms with Gasteiger partial charge in [0.1, 0.15) is 17.4 Å². The number of anilines is 3. The van der Waals surface area contributed by atoms with Crippen molar-refractivity contribution < 1.29 is 18.3 Å². The summed E-state index contributed by atoms with van der Waals surface area (Å²) in [6.45, 7) is -2.98. The summed E-state index contributed by atoms with van der Waals surface area (Å²) in [6, 6.07) is 7.28. The Balaban J connectivity index is 1.97. The molecule has 0 spiro atoms. The number of nitrogens with zero attached hydrogens (tertiary/aromatic N) is 2. The lowest BCUT2D eigenvalue weighted by Crippen LogP contribution is -2.16. The first kappa shape index (κ1) is 16.7. The smallest absolute Gasteiger partial charge is 0.387 e. The SMILES string of the molecule is Nc1cc(N)nc(SCC(=O)Nc2ccccc2OC(F)F)n1. The minimum Gasteiger partial charge on any atom is -0.433 e. The fourth-order valence-corrected chi connectivity index (χ4v) is 2.28. The van der Waals surface area contributed by atoms with Crippen molar-refractivity contribution in [3.8, 4) is 5.75 Å². The van der Waals surface area contributed by atoms with Crippen LogP contribution in [0.1, 0.15) is 0 Å². The molecule has 0 bridgehead atoms. The number of hydrogen-bond donors (Lipinski definition) is 3. The molecule has 0 fully saturated rings. The van der Waals surface area contributed by atoms with E-state index in [1.165, 1.54) is 24.3 Å². The highest BCUT2D eigenvalue weighted by atomic mass is 32.2. The topological polar surface area (TPSA) is 116 Å². The van der Waals surface area contributed by atoms with Gasteiger partial charge in [-0.2, -0.15) is 8.78 Å². The van der Waals surface area contributed by atoms with Crippen LogP contribution in [0.15, 0.2) is 35.5 Å². The summed E-state index contributed by atoms with van der Waals surface area (Å²) in [5.41, 5.74) is 11.2. The number of para-hydroxylation sites is 2. The van der Waals surface area contributed by atoms with Gasteiger partial charge >= 0.3 is 6.61 Å². The third kappa shape index (κ3) is 5.25. The number of benzene rings is 1.